The quantitative estimate of drug-likeness (QED) is 0.816. The summed E-state index contributed by atoms with van der Waals surface area (Å²) in [6, 6.07) is 5.16. The van der Waals surface area contributed by atoms with Crippen molar-refractivity contribution in [2.75, 3.05) is 19.3 Å². The van der Waals surface area contributed by atoms with Gasteiger partial charge in [-0.15, -0.1) is 0 Å². The molecule has 1 saturated heterocycles. The molecule has 19 heavy (non-hydrogen) atoms. The van der Waals surface area contributed by atoms with Crippen LogP contribution in [0.5, 0.6) is 5.88 Å². The Hall–Kier alpha value is -1.65. The number of hydrogen-bond donors (Lipinski definition) is 0. The fourth-order valence-corrected chi connectivity index (χ4v) is 2.91. The summed E-state index contributed by atoms with van der Waals surface area (Å²) in [6.45, 7) is 0.863. The summed E-state index contributed by atoms with van der Waals surface area (Å²) >= 11 is 0. The second-order valence-electron chi connectivity index (χ2n) is 4.50. The van der Waals surface area contributed by atoms with Crippen LogP contribution < -0.4 is 4.74 Å². The van der Waals surface area contributed by atoms with Gasteiger partial charge in [-0.05, 0) is 18.9 Å². The van der Waals surface area contributed by atoms with Gasteiger partial charge in [0.15, 0.2) is 0 Å². The van der Waals surface area contributed by atoms with Gasteiger partial charge in [0.05, 0.1) is 24.4 Å². The SMILES string of the molecule is CS(=O)(=O)N1CCCC(Oc2cc(C#N)ccn2)C1. The number of ether oxygens (including phenoxy) is 1. The standard InChI is InChI=1S/C12H15N3O3S/c1-19(16,17)15-6-2-3-11(9-15)18-12-7-10(8-13)4-5-14-12/h4-5,7,11H,2-3,6,9H2,1H3. The first-order valence-corrected chi connectivity index (χ1v) is 7.82. The van der Waals surface area contributed by atoms with Gasteiger partial charge in [0.25, 0.3) is 0 Å². The van der Waals surface area contributed by atoms with Crippen molar-refractivity contribution in [1.82, 2.24) is 9.29 Å². The van der Waals surface area contributed by atoms with Crippen molar-refractivity contribution >= 4 is 10.0 Å². The molecular formula is C12H15N3O3S. The van der Waals surface area contributed by atoms with E-state index >= 15 is 0 Å². The summed E-state index contributed by atoms with van der Waals surface area (Å²) < 4.78 is 30.1. The van der Waals surface area contributed by atoms with Crippen molar-refractivity contribution in [1.29, 1.82) is 5.26 Å². The van der Waals surface area contributed by atoms with E-state index in [9.17, 15) is 8.42 Å². The highest BCUT2D eigenvalue weighted by Gasteiger charge is 2.27. The molecule has 1 aromatic rings. The van der Waals surface area contributed by atoms with E-state index in [-0.39, 0.29) is 6.10 Å². The Kier molecular flexibility index (Phi) is 4.02. The van der Waals surface area contributed by atoms with E-state index in [0.29, 0.717) is 24.5 Å². The number of piperidine rings is 1. The monoisotopic (exact) mass is 281 g/mol. The molecule has 0 bridgehead atoms. The topological polar surface area (TPSA) is 83.3 Å². The fraction of sp³-hybridized carbons (Fsp3) is 0.500. The molecule has 2 rings (SSSR count). The Morgan fingerprint density at radius 2 is 2.37 bits per heavy atom. The number of aromatic nitrogens is 1. The normalized spacial score (nSPS) is 20.7. The van der Waals surface area contributed by atoms with Gasteiger partial charge in [-0.3, -0.25) is 0 Å². The molecule has 0 aliphatic carbocycles. The van der Waals surface area contributed by atoms with Crippen molar-refractivity contribution in [3.63, 3.8) is 0 Å². The van der Waals surface area contributed by atoms with Gasteiger partial charge in [-0.25, -0.2) is 13.4 Å². The van der Waals surface area contributed by atoms with Crippen molar-refractivity contribution in [2.24, 2.45) is 0 Å². The van der Waals surface area contributed by atoms with E-state index in [1.54, 1.807) is 12.1 Å². The zero-order chi connectivity index (χ0) is 13.9. The highest BCUT2D eigenvalue weighted by atomic mass is 32.2. The minimum absolute atomic E-state index is 0.218. The van der Waals surface area contributed by atoms with Crippen LogP contribution in [0, 0.1) is 11.3 Å². The van der Waals surface area contributed by atoms with Crippen LogP contribution in [0.4, 0.5) is 0 Å². The first-order chi connectivity index (χ1) is 8.99. The van der Waals surface area contributed by atoms with Gasteiger partial charge in [-0.1, -0.05) is 0 Å². The number of rotatable bonds is 3. The van der Waals surface area contributed by atoms with Crippen LogP contribution in [0.25, 0.3) is 0 Å². The third-order valence-electron chi connectivity index (χ3n) is 2.96. The summed E-state index contributed by atoms with van der Waals surface area (Å²) in [7, 11) is -3.18. The van der Waals surface area contributed by atoms with Gasteiger partial charge >= 0.3 is 0 Å². The molecule has 1 fully saturated rings. The Morgan fingerprint density at radius 1 is 1.58 bits per heavy atom. The third kappa shape index (κ3) is 3.66. The summed E-state index contributed by atoms with van der Waals surface area (Å²) in [5, 5.41) is 8.80. The summed E-state index contributed by atoms with van der Waals surface area (Å²) in [4.78, 5) is 4.03. The molecule has 1 unspecified atom stereocenters. The first kappa shape index (κ1) is 13.8. The lowest BCUT2D eigenvalue weighted by Gasteiger charge is -2.30. The van der Waals surface area contributed by atoms with Crippen LogP contribution in [-0.4, -0.2) is 43.2 Å². The first-order valence-electron chi connectivity index (χ1n) is 5.97. The van der Waals surface area contributed by atoms with Crippen LogP contribution in [0.15, 0.2) is 18.3 Å². The van der Waals surface area contributed by atoms with Crippen LogP contribution in [0.3, 0.4) is 0 Å². The van der Waals surface area contributed by atoms with E-state index < -0.39 is 10.0 Å². The number of nitrogens with zero attached hydrogens (tertiary/aromatic N) is 3. The maximum atomic E-state index is 11.5. The third-order valence-corrected chi connectivity index (χ3v) is 4.23. The molecule has 0 radical (unpaired) electrons. The molecule has 0 aromatic carbocycles. The average molecular weight is 281 g/mol. The smallest absolute Gasteiger partial charge is 0.214 e. The molecule has 0 amide bonds. The molecule has 2 heterocycles. The Morgan fingerprint density at radius 3 is 3.05 bits per heavy atom. The van der Waals surface area contributed by atoms with Gasteiger partial charge in [0.1, 0.15) is 6.10 Å². The van der Waals surface area contributed by atoms with Gasteiger partial charge in [0, 0.05) is 18.8 Å². The molecule has 7 heteroatoms. The fourth-order valence-electron chi connectivity index (χ4n) is 2.02. The Bertz CT molecular complexity index is 594. The zero-order valence-electron chi connectivity index (χ0n) is 10.6. The van der Waals surface area contributed by atoms with Crippen LogP contribution in [0.2, 0.25) is 0 Å². The molecule has 1 aliphatic rings. The van der Waals surface area contributed by atoms with Crippen molar-refractivity contribution in [3.8, 4) is 11.9 Å². The molecule has 1 atom stereocenters. The molecule has 0 N–H and O–H groups in total. The van der Waals surface area contributed by atoms with E-state index in [1.165, 1.54) is 16.8 Å². The van der Waals surface area contributed by atoms with Crippen LogP contribution >= 0.6 is 0 Å². The molecule has 6 nitrogen and oxygen atoms in total. The lowest BCUT2D eigenvalue weighted by molar-refractivity contribution is 0.125. The minimum Gasteiger partial charge on any atom is -0.473 e. The van der Waals surface area contributed by atoms with E-state index in [0.717, 1.165) is 12.8 Å². The lowest BCUT2D eigenvalue weighted by atomic mass is 10.1. The Labute approximate surface area is 112 Å². The summed E-state index contributed by atoms with van der Waals surface area (Å²) in [5.74, 6) is 0.361. The summed E-state index contributed by atoms with van der Waals surface area (Å²) in [5.41, 5.74) is 0.473. The largest absolute Gasteiger partial charge is 0.473 e. The van der Waals surface area contributed by atoms with Crippen molar-refractivity contribution < 1.29 is 13.2 Å². The van der Waals surface area contributed by atoms with Gasteiger partial charge < -0.3 is 4.74 Å². The predicted octanol–water partition coefficient (Wildman–Crippen LogP) is 0.756. The second-order valence-corrected chi connectivity index (χ2v) is 6.48. The second kappa shape index (κ2) is 5.55. The van der Waals surface area contributed by atoms with Gasteiger partial charge in [-0.2, -0.15) is 9.57 Å². The molecular weight excluding hydrogens is 266 g/mol. The van der Waals surface area contributed by atoms with E-state index in [1.807, 2.05) is 6.07 Å². The maximum Gasteiger partial charge on any atom is 0.214 e. The maximum absolute atomic E-state index is 11.5. The highest BCUT2D eigenvalue weighted by Crippen LogP contribution is 2.18. The minimum atomic E-state index is -3.18. The number of sulfonamides is 1. The lowest BCUT2D eigenvalue weighted by Crippen LogP contribution is -2.43. The average Bonchev–Trinajstić information content (AvgIpc) is 2.38. The van der Waals surface area contributed by atoms with E-state index in [2.05, 4.69) is 4.98 Å². The molecule has 102 valence electrons. The van der Waals surface area contributed by atoms with E-state index in [4.69, 9.17) is 10.00 Å². The number of hydrogen-bond acceptors (Lipinski definition) is 5. The Balaban J connectivity index is 2.05. The summed E-state index contributed by atoms with van der Waals surface area (Å²) in [6.07, 6.45) is 4.03. The van der Waals surface area contributed by atoms with Crippen LogP contribution in [-0.2, 0) is 10.0 Å². The van der Waals surface area contributed by atoms with Gasteiger partial charge in [0.2, 0.25) is 15.9 Å². The predicted molar refractivity (Wildman–Crippen MR) is 69.0 cm³/mol. The molecule has 1 aliphatic heterocycles. The molecule has 0 spiro atoms. The molecule has 0 saturated carbocycles. The molecule has 1 aromatic heterocycles. The highest BCUT2D eigenvalue weighted by molar-refractivity contribution is 7.88. The van der Waals surface area contributed by atoms with Crippen molar-refractivity contribution in [3.05, 3.63) is 23.9 Å². The zero-order valence-corrected chi connectivity index (χ0v) is 11.4. The van der Waals surface area contributed by atoms with Crippen LogP contribution in [0.1, 0.15) is 18.4 Å². The number of nitriles is 1. The van der Waals surface area contributed by atoms with Crippen molar-refractivity contribution in [2.45, 2.75) is 18.9 Å². The number of pyridine rings is 1.